The second-order valence-electron chi connectivity index (χ2n) is 6.10. The molecule has 2 heterocycles. The summed E-state index contributed by atoms with van der Waals surface area (Å²) in [4.78, 5) is 14.3. The Morgan fingerprint density at radius 1 is 1.33 bits per heavy atom. The molecule has 1 saturated heterocycles. The van der Waals surface area contributed by atoms with Crippen LogP contribution in [0.4, 0.5) is 0 Å². The van der Waals surface area contributed by atoms with Crippen LogP contribution in [0.3, 0.4) is 0 Å². The van der Waals surface area contributed by atoms with Gasteiger partial charge < -0.3 is 10.6 Å². The number of halogens is 2. The number of carbonyl (C=O) groups is 1. The molecular formula is C17H22Cl2N4O. The van der Waals surface area contributed by atoms with Gasteiger partial charge in [0.05, 0.1) is 17.8 Å². The molecular weight excluding hydrogens is 347 g/mol. The summed E-state index contributed by atoms with van der Waals surface area (Å²) in [6.45, 7) is 5.34. The van der Waals surface area contributed by atoms with Gasteiger partial charge in [-0.25, -0.2) is 4.68 Å². The largest absolute Gasteiger partial charge is 0.341 e. The Labute approximate surface area is 153 Å². The fraction of sp³-hybridized carbons (Fsp3) is 0.412. The van der Waals surface area contributed by atoms with Crippen molar-refractivity contribution in [1.82, 2.24) is 14.7 Å². The van der Waals surface area contributed by atoms with Crippen LogP contribution in [-0.4, -0.2) is 39.7 Å². The fourth-order valence-electron chi connectivity index (χ4n) is 3.04. The van der Waals surface area contributed by atoms with Gasteiger partial charge in [-0.15, -0.1) is 12.4 Å². The van der Waals surface area contributed by atoms with Crippen LogP contribution in [0.5, 0.6) is 0 Å². The molecule has 5 nitrogen and oxygen atoms in total. The average molecular weight is 369 g/mol. The first-order valence-corrected chi connectivity index (χ1v) is 8.18. The minimum Gasteiger partial charge on any atom is -0.341 e. The van der Waals surface area contributed by atoms with E-state index in [0.717, 1.165) is 35.6 Å². The molecule has 1 aliphatic heterocycles. The first kappa shape index (κ1) is 18.8. The molecule has 0 unspecified atom stereocenters. The lowest BCUT2D eigenvalue weighted by Gasteiger charge is -2.15. The Balaban J connectivity index is 0.00000208. The van der Waals surface area contributed by atoms with Crippen LogP contribution in [0.15, 0.2) is 24.3 Å². The number of likely N-dealkylation sites (tertiary alicyclic amines) is 1. The third-order valence-corrected chi connectivity index (χ3v) is 4.67. The van der Waals surface area contributed by atoms with Crippen molar-refractivity contribution >= 4 is 29.9 Å². The summed E-state index contributed by atoms with van der Waals surface area (Å²) >= 11 is 5.94. The quantitative estimate of drug-likeness (QED) is 0.905. The molecule has 0 bridgehead atoms. The van der Waals surface area contributed by atoms with Crippen molar-refractivity contribution in [3.8, 4) is 5.69 Å². The average Bonchev–Trinajstić information content (AvgIpc) is 3.07. The zero-order chi connectivity index (χ0) is 16.6. The summed E-state index contributed by atoms with van der Waals surface area (Å²) in [6, 6.07) is 7.63. The Morgan fingerprint density at radius 2 is 2.00 bits per heavy atom. The molecule has 0 spiro atoms. The van der Waals surface area contributed by atoms with E-state index >= 15 is 0 Å². The Hall–Kier alpha value is -1.56. The minimum atomic E-state index is 0. The standard InChI is InChI=1S/C17H21ClN4O.ClH/c1-11-16(9-17(23)21-8-7-14(19)10-21)12(2)22(20-11)15-5-3-13(18)4-6-15;/h3-6,14H,7-10,19H2,1-2H3;1H/t14-;/m1./s1. The second-order valence-corrected chi connectivity index (χ2v) is 6.54. The number of aryl methyl sites for hydroxylation is 1. The number of amides is 1. The van der Waals surface area contributed by atoms with Crippen LogP contribution in [-0.2, 0) is 11.2 Å². The summed E-state index contributed by atoms with van der Waals surface area (Å²) in [5.41, 5.74) is 9.69. The molecule has 1 aromatic carbocycles. The molecule has 1 amide bonds. The number of benzene rings is 1. The highest BCUT2D eigenvalue weighted by atomic mass is 35.5. The van der Waals surface area contributed by atoms with Crippen LogP contribution >= 0.6 is 24.0 Å². The number of carbonyl (C=O) groups excluding carboxylic acids is 1. The summed E-state index contributed by atoms with van der Waals surface area (Å²) < 4.78 is 1.87. The second kappa shape index (κ2) is 7.55. The maximum absolute atomic E-state index is 12.5. The predicted molar refractivity (Wildman–Crippen MR) is 98.2 cm³/mol. The smallest absolute Gasteiger partial charge is 0.227 e. The number of hydrogen-bond donors (Lipinski definition) is 1. The van der Waals surface area contributed by atoms with E-state index in [1.807, 2.05) is 47.7 Å². The molecule has 7 heteroatoms. The van der Waals surface area contributed by atoms with Crippen LogP contribution in [0, 0.1) is 13.8 Å². The highest BCUT2D eigenvalue weighted by Gasteiger charge is 2.25. The van der Waals surface area contributed by atoms with Crippen molar-refractivity contribution in [3.05, 3.63) is 46.2 Å². The monoisotopic (exact) mass is 368 g/mol. The van der Waals surface area contributed by atoms with E-state index in [9.17, 15) is 4.79 Å². The van der Waals surface area contributed by atoms with Gasteiger partial charge in [0.2, 0.25) is 5.91 Å². The zero-order valence-corrected chi connectivity index (χ0v) is 15.4. The van der Waals surface area contributed by atoms with Gasteiger partial charge in [0, 0.05) is 35.4 Å². The molecule has 24 heavy (non-hydrogen) atoms. The van der Waals surface area contributed by atoms with Gasteiger partial charge in [-0.1, -0.05) is 11.6 Å². The first-order valence-electron chi connectivity index (χ1n) is 7.80. The van der Waals surface area contributed by atoms with Crippen molar-refractivity contribution in [2.45, 2.75) is 32.7 Å². The van der Waals surface area contributed by atoms with E-state index in [4.69, 9.17) is 17.3 Å². The highest BCUT2D eigenvalue weighted by molar-refractivity contribution is 6.30. The van der Waals surface area contributed by atoms with E-state index in [2.05, 4.69) is 5.10 Å². The SMILES string of the molecule is Cc1nn(-c2ccc(Cl)cc2)c(C)c1CC(=O)N1CC[C@@H](N)C1.Cl. The molecule has 1 aromatic heterocycles. The third kappa shape index (κ3) is 3.74. The molecule has 0 saturated carbocycles. The zero-order valence-electron chi connectivity index (χ0n) is 13.8. The topological polar surface area (TPSA) is 64.2 Å². The number of nitrogens with zero attached hydrogens (tertiary/aromatic N) is 3. The number of aromatic nitrogens is 2. The molecule has 0 radical (unpaired) electrons. The number of hydrogen-bond acceptors (Lipinski definition) is 3. The van der Waals surface area contributed by atoms with Crippen LogP contribution in [0.25, 0.3) is 5.69 Å². The van der Waals surface area contributed by atoms with Gasteiger partial charge in [0.25, 0.3) is 0 Å². The van der Waals surface area contributed by atoms with E-state index in [0.29, 0.717) is 18.0 Å². The molecule has 0 aliphatic carbocycles. The van der Waals surface area contributed by atoms with Gasteiger partial charge in [0.1, 0.15) is 0 Å². The molecule has 3 rings (SSSR count). The van der Waals surface area contributed by atoms with Gasteiger partial charge in [-0.2, -0.15) is 5.10 Å². The van der Waals surface area contributed by atoms with Gasteiger partial charge >= 0.3 is 0 Å². The predicted octanol–water partition coefficient (Wildman–Crippen LogP) is 2.67. The summed E-state index contributed by atoms with van der Waals surface area (Å²) in [5, 5.41) is 5.27. The number of nitrogens with two attached hydrogens (primary N) is 1. The molecule has 1 fully saturated rings. The normalized spacial score (nSPS) is 17.0. The highest BCUT2D eigenvalue weighted by Crippen LogP contribution is 2.21. The molecule has 2 N–H and O–H groups in total. The van der Waals surface area contributed by atoms with Crippen molar-refractivity contribution < 1.29 is 4.79 Å². The van der Waals surface area contributed by atoms with Crippen molar-refractivity contribution in [2.24, 2.45) is 5.73 Å². The van der Waals surface area contributed by atoms with Gasteiger partial charge in [-0.05, 0) is 44.5 Å². The van der Waals surface area contributed by atoms with E-state index < -0.39 is 0 Å². The fourth-order valence-corrected chi connectivity index (χ4v) is 3.17. The Kier molecular flexibility index (Phi) is 5.91. The van der Waals surface area contributed by atoms with Crippen molar-refractivity contribution in [2.75, 3.05) is 13.1 Å². The minimum absolute atomic E-state index is 0. The Bertz CT molecular complexity index is 727. The van der Waals surface area contributed by atoms with Crippen molar-refractivity contribution in [1.29, 1.82) is 0 Å². The van der Waals surface area contributed by atoms with Crippen LogP contribution < -0.4 is 5.73 Å². The van der Waals surface area contributed by atoms with Gasteiger partial charge in [-0.3, -0.25) is 4.79 Å². The maximum atomic E-state index is 12.5. The van der Waals surface area contributed by atoms with E-state index in [1.54, 1.807) is 0 Å². The van der Waals surface area contributed by atoms with E-state index in [-0.39, 0.29) is 24.4 Å². The van der Waals surface area contributed by atoms with Crippen LogP contribution in [0.1, 0.15) is 23.4 Å². The first-order chi connectivity index (χ1) is 11.0. The van der Waals surface area contributed by atoms with Crippen molar-refractivity contribution in [3.63, 3.8) is 0 Å². The number of rotatable bonds is 3. The lowest BCUT2D eigenvalue weighted by molar-refractivity contribution is -0.129. The molecule has 2 aromatic rings. The molecule has 130 valence electrons. The lowest BCUT2D eigenvalue weighted by atomic mass is 10.1. The molecule has 1 aliphatic rings. The summed E-state index contributed by atoms with van der Waals surface area (Å²) in [6.07, 6.45) is 1.26. The van der Waals surface area contributed by atoms with Gasteiger partial charge in [0.15, 0.2) is 0 Å². The third-order valence-electron chi connectivity index (χ3n) is 4.42. The van der Waals surface area contributed by atoms with E-state index in [1.165, 1.54) is 0 Å². The van der Waals surface area contributed by atoms with Crippen LogP contribution in [0.2, 0.25) is 5.02 Å². The maximum Gasteiger partial charge on any atom is 0.227 e. The summed E-state index contributed by atoms with van der Waals surface area (Å²) in [5.74, 6) is 0.125. The Morgan fingerprint density at radius 3 is 2.58 bits per heavy atom. The summed E-state index contributed by atoms with van der Waals surface area (Å²) in [7, 11) is 0. The molecule has 1 atom stereocenters. The lowest BCUT2D eigenvalue weighted by Crippen LogP contribution is -2.33.